The van der Waals surface area contributed by atoms with E-state index in [1.165, 1.54) is 11.6 Å². The Bertz CT molecular complexity index is 752. The summed E-state index contributed by atoms with van der Waals surface area (Å²) in [6.07, 6.45) is 3.08. The van der Waals surface area contributed by atoms with E-state index in [-0.39, 0.29) is 5.91 Å². The number of rotatable bonds is 4. The molecule has 0 heterocycles. The van der Waals surface area contributed by atoms with Crippen molar-refractivity contribution in [2.75, 3.05) is 0 Å². The Kier molecular flexibility index (Phi) is 6.32. The predicted octanol–water partition coefficient (Wildman–Crippen LogP) is 4.05. The molecule has 0 spiro atoms. The minimum absolute atomic E-state index is 0.376. The molecule has 2 amide bonds. The first kappa shape index (κ1) is 17.9. The molecule has 0 saturated carbocycles. The van der Waals surface area contributed by atoms with Crippen LogP contribution in [0.4, 0.5) is 0 Å². The van der Waals surface area contributed by atoms with E-state index < -0.39 is 5.91 Å². The SMILES string of the molecule is CC(C)c1ccc(/C=C/C(=O)NNC(=O)c2cccc(Br)c2)cc1. The van der Waals surface area contributed by atoms with Gasteiger partial charge < -0.3 is 0 Å². The van der Waals surface area contributed by atoms with E-state index in [0.717, 1.165) is 10.0 Å². The summed E-state index contributed by atoms with van der Waals surface area (Å²) in [5.74, 6) is -0.301. The van der Waals surface area contributed by atoms with Crippen molar-refractivity contribution >= 4 is 33.8 Å². The van der Waals surface area contributed by atoms with Crippen LogP contribution in [0, 0.1) is 0 Å². The lowest BCUT2D eigenvalue weighted by atomic mass is 10.0. The van der Waals surface area contributed by atoms with Crippen LogP contribution in [-0.4, -0.2) is 11.8 Å². The highest BCUT2D eigenvalue weighted by Gasteiger charge is 2.06. The van der Waals surface area contributed by atoms with Gasteiger partial charge in [-0.25, -0.2) is 0 Å². The highest BCUT2D eigenvalue weighted by atomic mass is 79.9. The van der Waals surface area contributed by atoms with E-state index in [9.17, 15) is 9.59 Å². The molecule has 0 aliphatic carbocycles. The lowest BCUT2D eigenvalue weighted by Crippen LogP contribution is -2.40. The molecule has 0 unspecified atom stereocenters. The largest absolute Gasteiger partial charge is 0.269 e. The summed E-state index contributed by atoms with van der Waals surface area (Å²) in [5.41, 5.74) is 7.36. The van der Waals surface area contributed by atoms with Crippen molar-refractivity contribution in [2.24, 2.45) is 0 Å². The van der Waals surface area contributed by atoms with E-state index >= 15 is 0 Å². The smallest absolute Gasteiger partial charge is 0.268 e. The number of nitrogens with one attached hydrogen (secondary N) is 2. The summed E-state index contributed by atoms with van der Waals surface area (Å²) in [5, 5.41) is 0. The molecule has 0 bridgehead atoms. The van der Waals surface area contributed by atoms with Crippen LogP contribution in [0.3, 0.4) is 0 Å². The molecule has 0 saturated heterocycles. The summed E-state index contributed by atoms with van der Waals surface area (Å²) >= 11 is 3.30. The van der Waals surface area contributed by atoms with Crippen LogP contribution in [0.2, 0.25) is 0 Å². The van der Waals surface area contributed by atoms with E-state index in [0.29, 0.717) is 11.5 Å². The zero-order chi connectivity index (χ0) is 17.5. The molecule has 0 atom stereocenters. The van der Waals surface area contributed by atoms with Crippen molar-refractivity contribution in [3.63, 3.8) is 0 Å². The molecule has 0 aromatic heterocycles. The summed E-state index contributed by atoms with van der Waals surface area (Å²) in [4.78, 5) is 23.7. The maximum absolute atomic E-state index is 11.9. The van der Waals surface area contributed by atoms with Crippen molar-refractivity contribution in [2.45, 2.75) is 19.8 Å². The maximum atomic E-state index is 11.9. The third-order valence-electron chi connectivity index (χ3n) is 3.42. The second-order valence-electron chi connectivity index (χ2n) is 5.61. The van der Waals surface area contributed by atoms with Crippen LogP contribution in [0.5, 0.6) is 0 Å². The number of carbonyl (C=O) groups excluding carboxylic acids is 2. The predicted molar refractivity (Wildman–Crippen MR) is 99.3 cm³/mol. The Morgan fingerprint density at radius 3 is 2.38 bits per heavy atom. The molecular formula is C19H19BrN2O2. The highest BCUT2D eigenvalue weighted by molar-refractivity contribution is 9.10. The molecule has 0 radical (unpaired) electrons. The van der Waals surface area contributed by atoms with Gasteiger partial charge in [-0.2, -0.15) is 0 Å². The van der Waals surface area contributed by atoms with Gasteiger partial charge >= 0.3 is 0 Å². The first-order chi connectivity index (χ1) is 11.5. The number of hydrogen-bond acceptors (Lipinski definition) is 2. The molecule has 2 aromatic carbocycles. The Labute approximate surface area is 150 Å². The number of halogens is 1. The molecule has 2 rings (SSSR count). The second kappa shape index (κ2) is 8.45. The molecule has 4 nitrogen and oxygen atoms in total. The molecule has 24 heavy (non-hydrogen) atoms. The van der Waals surface area contributed by atoms with Crippen molar-refractivity contribution in [1.82, 2.24) is 10.9 Å². The fourth-order valence-electron chi connectivity index (χ4n) is 2.03. The van der Waals surface area contributed by atoms with Crippen molar-refractivity contribution in [1.29, 1.82) is 0 Å². The first-order valence-corrected chi connectivity index (χ1v) is 8.39. The van der Waals surface area contributed by atoms with Gasteiger partial charge in [0.25, 0.3) is 11.8 Å². The van der Waals surface area contributed by atoms with Crippen LogP contribution < -0.4 is 10.9 Å². The minimum atomic E-state index is -0.397. The van der Waals surface area contributed by atoms with Gasteiger partial charge in [-0.05, 0) is 41.3 Å². The monoisotopic (exact) mass is 386 g/mol. The lowest BCUT2D eigenvalue weighted by Gasteiger charge is -2.06. The third-order valence-corrected chi connectivity index (χ3v) is 3.91. The molecule has 2 N–H and O–H groups in total. The normalized spacial score (nSPS) is 10.8. The number of hydrazine groups is 1. The van der Waals surface area contributed by atoms with Gasteiger partial charge in [0, 0.05) is 16.1 Å². The Morgan fingerprint density at radius 1 is 1.04 bits per heavy atom. The van der Waals surface area contributed by atoms with Crippen LogP contribution in [-0.2, 0) is 4.79 Å². The first-order valence-electron chi connectivity index (χ1n) is 7.59. The van der Waals surface area contributed by atoms with Gasteiger partial charge in [0.1, 0.15) is 0 Å². The Balaban J connectivity index is 1.87. The molecule has 124 valence electrons. The van der Waals surface area contributed by atoms with Crippen molar-refractivity contribution < 1.29 is 9.59 Å². The summed E-state index contributed by atoms with van der Waals surface area (Å²) in [6, 6.07) is 14.9. The number of amides is 2. The van der Waals surface area contributed by atoms with Crippen molar-refractivity contribution in [3.8, 4) is 0 Å². The van der Waals surface area contributed by atoms with E-state index in [4.69, 9.17) is 0 Å². The van der Waals surface area contributed by atoms with E-state index in [2.05, 4.69) is 40.6 Å². The van der Waals surface area contributed by atoms with Gasteiger partial charge in [-0.3, -0.25) is 20.4 Å². The highest BCUT2D eigenvalue weighted by Crippen LogP contribution is 2.15. The minimum Gasteiger partial charge on any atom is -0.268 e. The van der Waals surface area contributed by atoms with Crippen molar-refractivity contribution in [3.05, 3.63) is 75.8 Å². The standard InChI is InChI=1S/C19H19BrN2O2/c1-13(2)15-9-6-14(7-10-15)8-11-18(23)21-22-19(24)16-4-3-5-17(20)12-16/h3-13H,1-2H3,(H,21,23)(H,22,24)/b11-8+. The lowest BCUT2D eigenvalue weighted by molar-refractivity contribution is -0.117. The fraction of sp³-hybridized carbons (Fsp3) is 0.158. The summed E-state index contributed by atoms with van der Waals surface area (Å²) in [7, 11) is 0. The average Bonchev–Trinajstić information content (AvgIpc) is 2.58. The van der Waals surface area contributed by atoms with Gasteiger partial charge in [0.05, 0.1) is 0 Å². The summed E-state index contributed by atoms with van der Waals surface area (Å²) in [6.45, 7) is 4.26. The van der Waals surface area contributed by atoms with Crippen LogP contribution in [0.1, 0.15) is 41.3 Å². The molecule has 5 heteroatoms. The number of carbonyl (C=O) groups is 2. The molecule has 0 aliphatic rings. The molecule has 0 fully saturated rings. The van der Waals surface area contributed by atoms with E-state index in [1.54, 1.807) is 24.3 Å². The van der Waals surface area contributed by atoms with E-state index in [1.807, 2.05) is 30.3 Å². The molecule has 0 aliphatic heterocycles. The quantitative estimate of drug-likeness (QED) is 0.615. The molecule has 2 aromatic rings. The van der Waals surface area contributed by atoms with Gasteiger partial charge in [-0.1, -0.05) is 60.1 Å². The Morgan fingerprint density at radius 2 is 1.75 bits per heavy atom. The maximum Gasteiger partial charge on any atom is 0.269 e. The van der Waals surface area contributed by atoms with Crippen LogP contribution >= 0.6 is 15.9 Å². The van der Waals surface area contributed by atoms with Crippen LogP contribution in [0.15, 0.2) is 59.1 Å². The zero-order valence-corrected chi connectivity index (χ0v) is 15.1. The number of benzene rings is 2. The van der Waals surface area contributed by atoms with Gasteiger partial charge in [-0.15, -0.1) is 0 Å². The number of hydrogen-bond donors (Lipinski definition) is 2. The van der Waals surface area contributed by atoms with Crippen LogP contribution in [0.25, 0.3) is 6.08 Å². The Hall–Kier alpha value is -2.40. The van der Waals surface area contributed by atoms with Gasteiger partial charge in [0.2, 0.25) is 0 Å². The zero-order valence-electron chi connectivity index (χ0n) is 13.5. The fourth-order valence-corrected chi connectivity index (χ4v) is 2.43. The second-order valence-corrected chi connectivity index (χ2v) is 6.52. The molecular weight excluding hydrogens is 368 g/mol. The third kappa shape index (κ3) is 5.35. The average molecular weight is 387 g/mol. The topological polar surface area (TPSA) is 58.2 Å². The van der Waals surface area contributed by atoms with Gasteiger partial charge in [0.15, 0.2) is 0 Å². The summed E-state index contributed by atoms with van der Waals surface area (Å²) < 4.78 is 0.797.